The Hall–Kier alpha value is -0.790. The quantitative estimate of drug-likeness (QED) is 0.757. The normalized spacial score (nSPS) is 10.4. The number of aryl methyl sites for hydroxylation is 2. The molecule has 1 nitrogen and oxygen atoms in total. The van der Waals surface area contributed by atoms with E-state index in [9.17, 15) is 0 Å². The molecule has 0 aliphatic heterocycles. The average molecular weight is 270 g/mol. The maximum absolute atomic E-state index is 6.46. The minimum atomic E-state index is 0. The number of aromatic nitrogens is 1. The molecule has 0 amide bonds. The SMILES string of the molecule is CCCc1c(C)nc2c(C)cccc2c1Cl.Cl. The van der Waals surface area contributed by atoms with Gasteiger partial charge >= 0.3 is 0 Å². The predicted octanol–water partition coefficient (Wildman–Crippen LogP) is 4.88. The lowest BCUT2D eigenvalue weighted by Crippen LogP contribution is -1.96. The van der Waals surface area contributed by atoms with E-state index in [1.54, 1.807) is 0 Å². The van der Waals surface area contributed by atoms with Crippen LogP contribution in [0.15, 0.2) is 18.2 Å². The lowest BCUT2D eigenvalue weighted by Gasteiger charge is -2.11. The van der Waals surface area contributed by atoms with E-state index >= 15 is 0 Å². The first-order valence-corrected chi connectivity index (χ1v) is 6.07. The Morgan fingerprint density at radius 2 is 1.94 bits per heavy atom. The highest BCUT2D eigenvalue weighted by Gasteiger charge is 2.10. The lowest BCUT2D eigenvalue weighted by atomic mass is 10.0. The van der Waals surface area contributed by atoms with Crippen molar-refractivity contribution in [3.05, 3.63) is 40.0 Å². The molecule has 2 rings (SSSR count). The van der Waals surface area contributed by atoms with Crippen LogP contribution in [-0.2, 0) is 6.42 Å². The maximum Gasteiger partial charge on any atom is 0.0749 e. The van der Waals surface area contributed by atoms with Crippen molar-refractivity contribution in [2.24, 2.45) is 0 Å². The van der Waals surface area contributed by atoms with E-state index in [0.717, 1.165) is 34.5 Å². The van der Waals surface area contributed by atoms with E-state index in [0.29, 0.717) is 0 Å². The monoisotopic (exact) mass is 269 g/mol. The van der Waals surface area contributed by atoms with Gasteiger partial charge in [-0.05, 0) is 31.4 Å². The van der Waals surface area contributed by atoms with E-state index in [4.69, 9.17) is 11.6 Å². The van der Waals surface area contributed by atoms with Crippen molar-refractivity contribution in [2.45, 2.75) is 33.6 Å². The number of halogens is 2. The van der Waals surface area contributed by atoms with Gasteiger partial charge in [0.1, 0.15) is 0 Å². The molecule has 0 spiro atoms. The van der Waals surface area contributed by atoms with E-state index in [2.05, 4.69) is 31.0 Å². The summed E-state index contributed by atoms with van der Waals surface area (Å²) in [6, 6.07) is 6.16. The first kappa shape index (κ1) is 14.3. The van der Waals surface area contributed by atoms with Gasteiger partial charge in [-0.1, -0.05) is 43.1 Å². The highest BCUT2D eigenvalue weighted by molar-refractivity contribution is 6.36. The number of nitrogens with zero attached hydrogens (tertiary/aromatic N) is 1. The summed E-state index contributed by atoms with van der Waals surface area (Å²) in [5, 5.41) is 1.96. The number of benzene rings is 1. The average Bonchev–Trinajstić information content (AvgIpc) is 2.26. The van der Waals surface area contributed by atoms with Gasteiger partial charge in [-0.15, -0.1) is 12.4 Å². The zero-order valence-electron chi connectivity index (χ0n) is 10.4. The minimum absolute atomic E-state index is 0. The van der Waals surface area contributed by atoms with Gasteiger partial charge in [0.25, 0.3) is 0 Å². The lowest BCUT2D eigenvalue weighted by molar-refractivity contribution is 0.904. The largest absolute Gasteiger partial charge is 0.252 e. The van der Waals surface area contributed by atoms with Gasteiger partial charge < -0.3 is 0 Å². The van der Waals surface area contributed by atoms with Crippen molar-refractivity contribution >= 4 is 34.9 Å². The van der Waals surface area contributed by atoms with Crippen molar-refractivity contribution in [2.75, 3.05) is 0 Å². The number of para-hydroxylation sites is 1. The molecule has 1 heterocycles. The molecule has 0 saturated heterocycles. The molecule has 0 unspecified atom stereocenters. The van der Waals surface area contributed by atoms with Crippen LogP contribution in [0, 0.1) is 13.8 Å². The van der Waals surface area contributed by atoms with E-state index in [-0.39, 0.29) is 12.4 Å². The van der Waals surface area contributed by atoms with Crippen LogP contribution < -0.4 is 0 Å². The van der Waals surface area contributed by atoms with Crippen LogP contribution in [0.4, 0.5) is 0 Å². The molecular formula is C14H17Cl2N. The van der Waals surface area contributed by atoms with Crippen LogP contribution in [0.5, 0.6) is 0 Å². The summed E-state index contributed by atoms with van der Waals surface area (Å²) in [6.07, 6.45) is 2.10. The number of hydrogen-bond acceptors (Lipinski definition) is 1. The standard InChI is InChI=1S/C14H16ClN.ClH/c1-4-6-11-10(3)16-14-9(2)7-5-8-12(14)13(11)15;/h5,7-8H,4,6H2,1-3H3;1H. The zero-order chi connectivity index (χ0) is 11.7. The van der Waals surface area contributed by atoms with Crippen LogP contribution in [-0.4, -0.2) is 4.98 Å². The molecule has 17 heavy (non-hydrogen) atoms. The van der Waals surface area contributed by atoms with Crippen molar-refractivity contribution in [1.29, 1.82) is 0 Å². The molecule has 0 aliphatic rings. The van der Waals surface area contributed by atoms with Gasteiger partial charge in [-0.2, -0.15) is 0 Å². The Balaban J connectivity index is 0.00000144. The highest BCUT2D eigenvalue weighted by Crippen LogP contribution is 2.30. The first-order chi connectivity index (χ1) is 7.65. The summed E-state index contributed by atoms with van der Waals surface area (Å²) in [4.78, 5) is 4.67. The summed E-state index contributed by atoms with van der Waals surface area (Å²) in [5.74, 6) is 0. The molecule has 1 aromatic carbocycles. The summed E-state index contributed by atoms with van der Waals surface area (Å²) in [6.45, 7) is 6.28. The Morgan fingerprint density at radius 3 is 2.59 bits per heavy atom. The third kappa shape index (κ3) is 2.56. The van der Waals surface area contributed by atoms with Crippen LogP contribution in [0.25, 0.3) is 10.9 Å². The second-order valence-corrected chi connectivity index (χ2v) is 4.59. The van der Waals surface area contributed by atoms with Crippen molar-refractivity contribution in [3.63, 3.8) is 0 Å². The maximum atomic E-state index is 6.46. The highest BCUT2D eigenvalue weighted by atomic mass is 35.5. The Morgan fingerprint density at radius 1 is 1.24 bits per heavy atom. The fourth-order valence-corrected chi connectivity index (χ4v) is 2.47. The van der Waals surface area contributed by atoms with Crippen molar-refractivity contribution in [1.82, 2.24) is 4.98 Å². The molecule has 0 N–H and O–H groups in total. The van der Waals surface area contributed by atoms with Crippen molar-refractivity contribution in [3.8, 4) is 0 Å². The molecular weight excluding hydrogens is 253 g/mol. The fourth-order valence-electron chi connectivity index (χ4n) is 2.08. The Bertz CT molecular complexity index is 535. The van der Waals surface area contributed by atoms with Crippen LogP contribution in [0.2, 0.25) is 5.02 Å². The zero-order valence-corrected chi connectivity index (χ0v) is 12.0. The number of pyridine rings is 1. The second-order valence-electron chi connectivity index (χ2n) is 4.21. The first-order valence-electron chi connectivity index (χ1n) is 5.69. The minimum Gasteiger partial charge on any atom is -0.252 e. The molecule has 0 saturated carbocycles. The van der Waals surface area contributed by atoms with Gasteiger partial charge in [-0.3, -0.25) is 4.98 Å². The van der Waals surface area contributed by atoms with E-state index in [1.165, 1.54) is 11.1 Å². The number of hydrogen-bond donors (Lipinski definition) is 0. The number of rotatable bonds is 2. The summed E-state index contributed by atoms with van der Waals surface area (Å²) < 4.78 is 0. The third-order valence-electron chi connectivity index (χ3n) is 2.96. The van der Waals surface area contributed by atoms with E-state index < -0.39 is 0 Å². The number of fused-ring (bicyclic) bond motifs is 1. The fraction of sp³-hybridized carbons (Fsp3) is 0.357. The van der Waals surface area contributed by atoms with Gasteiger partial charge in [0.2, 0.25) is 0 Å². The molecule has 3 heteroatoms. The van der Waals surface area contributed by atoms with Crippen LogP contribution >= 0.6 is 24.0 Å². The van der Waals surface area contributed by atoms with Crippen molar-refractivity contribution < 1.29 is 0 Å². The topological polar surface area (TPSA) is 12.9 Å². The van der Waals surface area contributed by atoms with Crippen LogP contribution in [0.1, 0.15) is 30.2 Å². The Kier molecular flexibility index (Phi) is 4.79. The molecule has 1 aromatic heterocycles. The van der Waals surface area contributed by atoms with Crippen LogP contribution in [0.3, 0.4) is 0 Å². The molecule has 0 radical (unpaired) electrons. The predicted molar refractivity (Wildman–Crippen MR) is 77.5 cm³/mol. The Labute approximate surface area is 114 Å². The van der Waals surface area contributed by atoms with E-state index in [1.807, 2.05) is 13.0 Å². The summed E-state index contributed by atoms with van der Waals surface area (Å²) in [7, 11) is 0. The smallest absolute Gasteiger partial charge is 0.0749 e. The summed E-state index contributed by atoms with van der Waals surface area (Å²) >= 11 is 6.46. The third-order valence-corrected chi connectivity index (χ3v) is 3.39. The van der Waals surface area contributed by atoms with Gasteiger partial charge in [-0.25, -0.2) is 0 Å². The van der Waals surface area contributed by atoms with Gasteiger partial charge in [0, 0.05) is 11.1 Å². The second kappa shape index (κ2) is 5.70. The molecule has 0 aliphatic carbocycles. The molecule has 0 bridgehead atoms. The van der Waals surface area contributed by atoms with Gasteiger partial charge in [0.15, 0.2) is 0 Å². The molecule has 92 valence electrons. The van der Waals surface area contributed by atoms with Gasteiger partial charge in [0.05, 0.1) is 10.5 Å². The molecule has 2 aromatic rings. The summed E-state index contributed by atoms with van der Waals surface area (Å²) in [5.41, 5.74) is 4.48. The molecule has 0 atom stereocenters. The molecule has 0 fully saturated rings.